The summed E-state index contributed by atoms with van der Waals surface area (Å²) < 4.78 is 0. The molecule has 1 aliphatic rings. The summed E-state index contributed by atoms with van der Waals surface area (Å²) in [7, 11) is 1.88. The van der Waals surface area contributed by atoms with Gasteiger partial charge >= 0.3 is 0 Å². The average Bonchev–Trinajstić information content (AvgIpc) is 2.90. The van der Waals surface area contributed by atoms with Crippen LogP contribution in [0.25, 0.3) is 0 Å². The number of H-pyrrole nitrogens is 1. The smallest absolute Gasteiger partial charge is 0.233 e. The van der Waals surface area contributed by atoms with Gasteiger partial charge in [0.2, 0.25) is 5.91 Å². The van der Waals surface area contributed by atoms with Gasteiger partial charge in [0.25, 0.3) is 0 Å². The molecule has 1 aromatic heterocycles. The standard InChI is InChI=1S/C17H21N3O/c1-13-5-3-6-15(9-13)17(7-4-8-17)16(21)20(2)12-14-10-18-19-11-14/h3,5-6,9-11H,4,7-8,12H2,1-2H3,(H,18,19). The molecule has 4 heteroatoms. The van der Waals surface area contributed by atoms with E-state index in [1.165, 1.54) is 5.56 Å². The number of rotatable bonds is 4. The number of nitrogens with one attached hydrogen (secondary N) is 1. The van der Waals surface area contributed by atoms with Gasteiger partial charge in [-0.3, -0.25) is 9.89 Å². The summed E-state index contributed by atoms with van der Waals surface area (Å²) in [5.41, 5.74) is 3.09. The number of amides is 1. The van der Waals surface area contributed by atoms with E-state index in [4.69, 9.17) is 0 Å². The van der Waals surface area contributed by atoms with Gasteiger partial charge in [0.1, 0.15) is 0 Å². The van der Waals surface area contributed by atoms with Crippen LogP contribution in [0.4, 0.5) is 0 Å². The van der Waals surface area contributed by atoms with Crippen molar-refractivity contribution in [3.63, 3.8) is 0 Å². The molecule has 2 aromatic rings. The first-order chi connectivity index (χ1) is 10.1. The zero-order valence-corrected chi connectivity index (χ0v) is 12.6. The monoisotopic (exact) mass is 283 g/mol. The fraction of sp³-hybridized carbons (Fsp3) is 0.412. The van der Waals surface area contributed by atoms with Gasteiger partial charge in [-0.15, -0.1) is 0 Å². The minimum Gasteiger partial charge on any atom is -0.341 e. The molecule has 0 spiro atoms. The van der Waals surface area contributed by atoms with E-state index in [0.717, 1.165) is 30.4 Å². The predicted octanol–water partition coefficient (Wildman–Crippen LogP) is 2.80. The van der Waals surface area contributed by atoms with Crippen LogP contribution < -0.4 is 0 Å². The van der Waals surface area contributed by atoms with E-state index in [1.54, 1.807) is 6.20 Å². The van der Waals surface area contributed by atoms with Crippen molar-refractivity contribution in [3.05, 3.63) is 53.3 Å². The van der Waals surface area contributed by atoms with Crippen molar-refractivity contribution in [2.24, 2.45) is 0 Å². The summed E-state index contributed by atoms with van der Waals surface area (Å²) in [6.07, 6.45) is 6.63. The molecule has 1 amide bonds. The van der Waals surface area contributed by atoms with Crippen molar-refractivity contribution >= 4 is 5.91 Å². The Morgan fingerprint density at radius 3 is 2.81 bits per heavy atom. The first-order valence-electron chi connectivity index (χ1n) is 7.42. The number of aryl methyl sites for hydroxylation is 1. The van der Waals surface area contributed by atoms with Gasteiger partial charge in [-0.1, -0.05) is 36.2 Å². The first kappa shape index (κ1) is 13.9. The Morgan fingerprint density at radius 2 is 2.24 bits per heavy atom. The van der Waals surface area contributed by atoms with Crippen LogP contribution in [0.5, 0.6) is 0 Å². The second kappa shape index (κ2) is 5.35. The Kier molecular flexibility index (Phi) is 3.53. The molecule has 0 saturated heterocycles. The number of aromatic nitrogens is 2. The van der Waals surface area contributed by atoms with Gasteiger partial charge in [-0.2, -0.15) is 5.10 Å². The summed E-state index contributed by atoms with van der Waals surface area (Å²) in [4.78, 5) is 14.8. The maximum Gasteiger partial charge on any atom is 0.233 e. The lowest BCUT2D eigenvalue weighted by Crippen LogP contribution is -2.49. The SMILES string of the molecule is Cc1cccc(C2(C(=O)N(C)Cc3cn[nH]c3)CCC2)c1. The molecule has 1 fully saturated rings. The van der Waals surface area contributed by atoms with E-state index in [2.05, 4.69) is 35.3 Å². The van der Waals surface area contributed by atoms with Crippen molar-refractivity contribution in [3.8, 4) is 0 Å². The number of hydrogen-bond donors (Lipinski definition) is 1. The van der Waals surface area contributed by atoms with Crippen molar-refractivity contribution in [2.75, 3.05) is 7.05 Å². The van der Waals surface area contributed by atoms with Crippen LogP contribution in [-0.2, 0) is 16.8 Å². The van der Waals surface area contributed by atoms with Gasteiger partial charge < -0.3 is 4.90 Å². The van der Waals surface area contributed by atoms with Gasteiger partial charge in [0.15, 0.2) is 0 Å². The Balaban J connectivity index is 1.83. The van der Waals surface area contributed by atoms with Crippen LogP contribution in [0.1, 0.15) is 36.0 Å². The minimum absolute atomic E-state index is 0.223. The topological polar surface area (TPSA) is 49.0 Å². The number of benzene rings is 1. The molecule has 0 atom stereocenters. The Bertz CT molecular complexity index is 629. The fourth-order valence-electron chi connectivity index (χ4n) is 3.17. The van der Waals surface area contributed by atoms with Crippen LogP contribution in [0.15, 0.2) is 36.7 Å². The second-order valence-electron chi connectivity index (χ2n) is 6.07. The molecule has 0 aliphatic heterocycles. The number of likely N-dealkylation sites (N-methyl/N-ethyl adjacent to an activating group) is 1. The third kappa shape index (κ3) is 2.46. The van der Waals surface area contributed by atoms with E-state index in [1.807, 2.05) is 24.2 Å². The van der Waals surface area contributed by atoms with Crippen molar-refractivity contribution in [1.29, 1.82) is 0 Å². The van der Waals surface area contributed by atoms with Crippen molar-refractivity contribution < 1.29 is 4.79 Å². The van der Waals surface area contributed by atoms with E-state index >= 15 is 0 Å². The molecule has 1 heterocycles. The summed E-state index contributed by atoms with van der Waals surface area (Å²) in [5.74, 6) is 0.223. The van der Waals surface area contributed by atoms with E-state index in [0.29, 0.717) is 6.54 Å². The minimum atomic E-state index is -0.315. The van der Waals surface area contributed by atoms with Crippen LogP contribution in [0.2, 0.25) is 0 Å². The highest BCUT2D eigenvalue weighted by atomic mass is 16.2. The molecule has 1 aromatic carbocycles. The Morgan fingerprint density at radius 1 is 1.43 bits per heavy atom. The van der Waals surface area contributed by atoms with Crippen LogP contribution in [0.3, 0.4) is 0 Å². The fourth-order valence-corrected chi connectivity index (χ4v) is 3.17. The van der Waals surface area contributed by atoms with Gasteiger partial charge in [-0.25, -0.2) is 0 Å². The quantitative estimate of drug-likeness (QED) is 0.938. The highest BCUT2D eigenvalue weighted by Gasteiger charge is 2.46. The number of carbonyl (C=O) groups excluding carboxylic acids is 1. The molecular weight excluding hydrogens is 262 g/mol. The normalized spacial score (nSPS) is 16.3. The lowest BCUT2D eigenvalue weighted by molar-refractivity contribution is -0.140. The molecule has 0 bridgehead atoms. The molecular formula is C17H21N3O. The highest BCUT2D eigenvalue weighted by molar-refractivity contribution is 5.89. The van der Waals surface area contributed by atoms with Crippen LogP contribution >= 0.6 is 0 Å². The molecule has 1 N–H and O–H groups in total. The zero-order chi connectivity index (χ0) is 14.9. The van der Waals surface area contributed by atoms with Crippen LogP contribution in [0, 0.1) is 6.92 Å². The molecule has 0 unspecified atom stereocenters. The molecule has 110 valence electrons. The molecule has 3 rings (SSSR count). The maximum atomic E-state index is 13.0. The third-order valence-corrected chi connectivity index (χ3v) is 4.51. The molecule has 21 heavy (non-hydrogen) atoms. The maximum absolute atomic E-state index is 13.0. The second-order valence-corrected chi connectivity index (χ2v) is 6.07. The Labute approximate surface area is 125 Å². The van der Waals surface area contributed by atoms with Crippen LogP contribution in [-0.4, -0.2) is 28.1 Å². The van der Waals surface area contributed by atoms with Gasteiger partial charge in [0, 0.05) is 25.4 Å². The predicted molar refractivity (Wildman–Crippen MR) is 81.8 cm³/mol. The summed E-state index contributed by atoms with van der Waals surface area (Å²) in [6, 6.07) is 8.38. The number of nitrogens with zero attached hydrogens (tertiary/aromatic N) is 2. The summed E-state index contributed by atoms with van der Waals surface area (Å²) in [6.45, 7) is 2.68. The molecule has 4 nitrogen and oxygen atoms in total. The molecule has 0 radical (unpaired) electrons. The first-order valence-corrected chi connectivity index (χ1v) is 7.42. The van der Waals surface area contributed by atoms with E-state index < -0.39 is 0 Å². The number of aromatic amines is 1. The summed E-state index contributed by atoms with van der Waals surface area (Å²) >= 11 is 0. The Hall–Kier alpha value is -2.10. The van der Waals surface area contributed by atoms with E-state index in [-0.39, 0.29) is 11.3 Å². The molecule has 1 saturated carbocycles. The number of hydrogen-bond acceptors (Lipinski definition) is 2. The van der Waals surface area contributed by atoms with Gasteiger partial charge in [-0.05, 0) is 25.3 Å². The average molecular weight is 283 g/mol. The number of carbonyl (C=O) groups is 1. The third-order valence-electron chi connectivity index (χ3n) is 4.51. The lowest BCUT2D eigenvalue weighted by Gasteiger charge is -2.43. The highest BCUT2D eigenvalue weighted by Crippen LogP contribution is 2.45. The lowest BCUT2D eigenvalue weighted by atomic mass is 9.63. The van der Waals surface area contributed by atoms with Crippen molar-refractivity contribution in [2.45, 2.75) is 38.1 Å². The van der Waals surface area contributed by atoms with Crippen molar-refractivity contribution in [1.82, 2.24) is 15.1 Å². The molecule has 1 aliphatic carbocycles. The zero-order valence-electron chi connectivity index (χ0n) is 12.6. The van der Waals surface area contributed by atoms with E-state index in [9.17, 15) is 4.79 Å². The summed E-state index contributed by atoms with van der Waals surface area (Å²) in [5, 5.41) is 6.73. The largest absolute Gasteiger partial charge is 0.341 e. The van der Waals surface area contributed by atoms with Gasteiger partial charge in [0.05, 0.1) is 11.6 Å².